The van der Waals surface area contributed by atoms with Gasteiger partial charge in [0.15, 0.2) is 5.60 Å². The van der Waals surface area contributed by atoms with Crippen molar-refractivity contribution in [1.29, 1.82) is 0 Å². The fourth-order valence-corrected chi connectivity index (χ4v) is 12.5. The normalized spacial score (nSPS) is 23.2. The summed E-state index contributed by atoms with van der Waals surface area (Å²) in [5.74, 6) is 0.478. The zero-order chi connectivity index (χ0) is 35.2. The standard InChI is InChI=1S/C37H42ClN5O6Si/c1-24-34(50(3,4)30-11-9-29(47-2)10-12-30)33(14-16-41-23-27(15-18-44)39-40-41)49-37(24)31-21-26(38)8-13-32(31)43(35(37)45)22-25-6-5-7-28(20-25)42-17-19-48-36(42)46/h5-13,20-21,23-24,33-34,44H,14-19,22H2,1-4H3/t24-,33+,34-,37+/m1/s1. The van der Waals surface area contributed by atoms with E-state index in [1.54, 1.807) is 16.7 Å². The van der Waals surface area contributed by atoms with Gasteiger partial charge in [0, 0.05) is 48.0 Å². The van der Waals surface area contributed by atoms with Crippen LogP contribution < -0.4 is 19.7 Å². The average molecular weight is 716 g/mol. The summed E-state index contributed by atoms with van der Waals surface area (Å²) in [7, 11) is -0.685. The van der Waals surface area contributed by atoms with Crippen LogP contribution in [0.25, 0.3) is 0 Å². The van der Waals surface area contributed by atoms with Crippen LogP contribution in [0.3, 0.4) is 0 Å². The third kappa shape index (κ3) is 5.87. The van der Waals surface area contributed by atoms with Crippen LogP contribution in [0, 0.1) is 5.92 Å². The molecule has 2 fully saturated rings. The molecule has 2 saturated heterocycles. The second kappa shape index (κ2) is 13.5. The van der Waals surface area contributed by atoms with Gasteiger partial charge >= 0.3 is 6.09 Å². The zero-order valence-electron chi connectivity index (χ0n) is 28.7. The number of cyclic esters (lactones) is 1. The van der Waals surface area contributed by atoms with Gasteiger partial charge in [0.25, 0.3) is 5.91 Å². The number of rotatable bonds is 11. The maximum absolute atomic E-state index is 15.1. The molecule has 0 saturated carbocycles. The minimum absolute atomic E-state index is 0.00383. The number of hydrogen-bond acceptors (Lipinski definition) is 8. The van der Waals surface area contributed by atoms with Crippen molar-refractivity contribution >= 4 is 48.2 Å². The Bertz CT molecular complexity index is 1900. The summed E-state index contributed by atoms with van der Waals surface area (Å²) in [6.45, 7) is 8.53. The van der Waals surface area contributed by atoms with Gasteiger partial charge in [-0.25, -0.2) is 4.79 Å². The van der Waals surface area contributed by atoms with Gasteiger partial charge < -0.3 is 24.2 Å². The maximum atomic E-state index is 15.1. The molecule has 0 aliphatic carbocycles. The Morgan fingerprint density at radius 3 is 2.62 bits per heavy atom. The first kappa shape index (κ1) is 34.2. The summed E-state index contributed by atoms with van der Waals surface area (Å²) in [5, 5.41) is 19.7. The number of fused-ring (bicyclic) bond motifs is 2. The molecular formula is C37H42ClN5O6Si. The Morgan fingerprint density at radius 2 is 1.90 bits per heavy atom. The monoisotopic (exact) mass is 715 g/mol. The van der Waals surface area contributed by atoms with Crippen molar-refractivity contribution in [2.75, 3.05) is 36.7 Å². The fraction of sp³-hybridized carbons (Fsp3) is 0.405. The van der Waals surface area contributed by atoms with Crippen molar-refractivity contribution in [3.63, 3.8) is 0 Å². The van der Waals surface area contributed by atoms with E-state index in [0.29, 0.717) is 44.1 Å². The molecule has 1 aromatic heterocycles. The number of amides is 2. The van der Waals surface area contributed by atoms with Crippen LogP contribution in [0.5, 0.6) is 5.75 Å². The van der Waals surface area contributed by atoms with E-state index >= 15 is 4.79 Å². The van der Waals surface area contributed by atoms with Crippen molar-refractivity contribution in [2.45, 2.75) is 63.2 Å². The summed E-state index contributed by atoms with van der Waals surface area (Å²) in [6.07, 6.45) is 2.26. The van der Waals surface area contributed by atoms with Crippen LogP contribution in [0.2, 0.25) is 23.7 Å². The minimum Gasteiger partial charge on any atom is -0.497 e. The average Bonchev–Trinajstić information content (AvgIpc) is 3.87. The Balaban J connectivity index is 1.27. The molecule has 50 heavy (non-hydrogen) atoms. The Kier molecular flexibility index (Phi) is 9.23. The maximum Gasteiger partial charge on any atom is 0.414 e. The van der Waals surface area contributed by atoms with Gasteiger partial charge in [-0.05, 0) is 60.0 Å². The van der Waals surface area contributed by atoms with Gasteiger partial charge in [-0.3, -0.25) is 14.4 Å². The molecule has 0 radical (unpaired) electrons. The quantitative estimate of drug-likeness (QED) is 0.208. The molecule has 2 amide bonds. The molecule has 11 nitrogen and oxygen atoms in total. The molecule has 4 heterocycles. The molecule has 0 unspecified atom stereocenters. The number of anilines is 2. The first-order chi connectivity index (χ1) is 24.1. The van der Waals surface area contributed by atoms with Crippen molar-refractivity contribution < 1.29 is 28.9 Å². The zero-order valence-corrected chi connectivity index (χ0v) is 30.5. The van der Waals surface area contributed by atoms with Crippen molar-refractivity contribution in [3.8, 4) is 5.75 Å². The van der Waals surface area contributed by atoms with Crippen molar-refractivity contribution in [2.24, 2.45) is 5.92 Å². The highest BCUT2D eigenvalue weighted by atomic mass is 35.5. The molecule has 4 atom stereocenters. The van der Waals surface area contributed by atoms with Gasteiger partial charge in [-0.15, -0.1) is 5.10 Å². The molecule has 3 aliphatic heterocycles. The number of halogens is 1. The third-order valence-electron chi connectivity index (χ3n) is 10.7. The lowest BCUT2D eigenvalue weighted by molar-refractivity contribution is -0.146. The predicted octanol–water partition coefficient (Wildman–Crippen LogP) is 5.28. The molecule has 13 heteroatoms. The number of methoxy groups -OCH3 is 1. The number of carbonyl (C=O) groups excluding carboxylic acids is 2. The summed E-state index contributed by atoms with van der Waals surface area (Å²) in [4.78, 5) is 30.9. The number of carbonyl (C=O) groups is 2. The van der Waals surface area contributed by atoms with Crippen LogP contribution in [-0.4, -0.2) is 73.1 Å². The van der Waals surface area contributed by atoms with E-state index < -0.39 is 13.7 Å². The van der Waals surface area contributed by atoms with Gasteiger partial charge in [-0.2, -0.15) is 0 Å². The van der Waals surface area contributed by atoms with E-state index in [1.165, 1.54) is 5.19 Å². The van der Waals surface area contributed by atoms with Crippen LogP contribution in [0.4, 0.5) is 16.2 Å². The number of hydrogen-bond donors (Lipinski definition) is 1. The van der Waals surface area contributed by atoms with Gasteiger partial charge in [0.2, 0.25) is 0 Å². The molecular weight excluding hydrogens is 674 g/mol. The predicted molar refractivity (Wildman–Crippen MR) is 193 cm³/mol. The summed E-state index contributed by atoms with van der Waals surface area (Å²) in [5.41, 5.74) is 2.67. The second-order valence-electron chi connectivity index (χ2n) is 13.9. The largest absolute Gasteiger partial charge is 0.497 e. The molecule has 0 bridgehead atoms. The highest BCUT2D eigenvalue weighted by Gasteiger charge is 2.66. The minimum atomic E-state index is -2.35. The van der Waals surface area contributed by atoms with Gasteiger partial charge in [-0.1, -0.05) is 66.3 Å². The lowest BCUT2D eigenvalue weighted by atomic mass is 9.82. The number of aryl methyl sites for hydroxylation is 1. The van der Waals surface area contributed by atoms with E-state index in [-0.39, 0.29) is 36.2 Å². The Labute approximate surface area is 297 Å². The van der Waals surface area contributed by atoms with Crippen molar-refractivity contribution in [3.05, 3.63) is 94.8 Å². The molecule has 1 N–H and O–H groups in total. The SMILES string of the molecule is COc1ccc([Si](C)(C)[C@H]2[C@H](CCn3cc(CCO)nn3)O[C@@]3(C(=O)N(Cc4cccc(N5CCOC5=O)c4)c4ccc(Cl)cc43)[C@@H]2C)cc1. The number of nitrogens with zero attached hydrogens (tertiary/aromatic N) is 5. The lowest BCUT2D eigenvalue weighted by Gasteiger charge is -2.37. The van der Waals surface area contributed by atoms with Crippen LogP contribution in [-0.2, 0) is 39.4 Å². The van der Waals surface area contributed by atoms with E-state index in [1.807, 2.05) is 65.7 Å². The summed E-state index contributed by atoms with van der Waals surface area (Å²) >= 11 is 6.68. The molecule has 3 aliphatic rings. The highest BCUT2D eigenvalue weighted by molar-refractivity contribution is 6.91. The Hall–Kier alpha value is -4.23. The molecule has 4 aromatic rings. The van der Waals surface area contributed by atoms with Crippen molar-refractivity contribution in [1.82, 2.24) is 15.0 Å². The van der Waals surface area contributed by atoms with Crippen LogP contribution in [0.1, 0.15) is 30.2 Å². The second-order valence-corrected chi connectivity index (χ2v) is 19.0. The number of aliphatic hydroxyl groups is 1. The van der Waals surface area contributed by atoms with E-state index in [0.717, 1.165) is 33.9 Å². The number of benzene rings is 3. The molecule has 262 valence electrons. The molecule has 3 aromatic carbocycles. The summed E-state index contributed by atoms with van der Waals surface area (Å²) in [6, 6.07) is 21.6. The van der Waals surface area contributed by atoms with Crippen LogP contribution >= 0.6 is 11.6 Å². The first-order valence-corrected chi connectivity index (χ1v) is 20.5. The van der Waals surface area contributed by atoms with E-state index in [4.69, 9.17) is 25.8 Å². The van der Waals surface area contributed by atoms with Gasteiger partial charge in [0.05, 0.1) is 45.8 Å². The summed E-state index contributed by atoms with van der Waals surface area (Å²) < 4.78 is 19.7. The number of aliphatic hydroxyl groups excluding tert-OH is 1. The van der Waals surface area contributed by atoms with E-state index in [9.17, 15) is 9.90 Å². The van der Waals surface area contributed by atoms with Gasteiger partial charge in [0.1, 0.15) is 12.4 Å². The third-order valence-corrected chi connectivity index (χ3v) is 15.3. The fourth-order valence-electron chi connectivity index (χ4n) is 8.28. The topological polar surface area (TPSA) is 119 Å². The first-order valence-electron chi connectivity index (χ1n) is 17.0. The molecule has 1 spiro atoms. The smallest absolute Gasteiger partial charge is 0.414 e. The van der Waals surface area contributed by atoms with Crippen LogP contribution in [0.15, 0.2) is 72.9 Å². The number of ether oxygens (including phenoxy) is 3. The number of aromatic nitrogens is 3. The lowest BCUT2D eigenvalue weighted by Crippen LogP contribution is -2.51. The Morgan fingerprint density at radius 1 is 1.10 bits per heavy atom. The highest BCUT2D eigenvalue weighted by Crippen LogP contribution is 2.60. The molecule has 7 rings (SSSR count). The van der Waals surface area contributed by atoms with E-state index in [2.05, 4.69) is 42.5 Å².